The number of alkyl halides is 1. The zero-order chi connectivity index (χ0) is 14.1. The molecule has 2 aliphatic rings. The Morgan fingerprint density at radius 2 is 2.25 bits per heavy atom. The van der Waals surface area contributed by atoms with Crippen molar-refractivity contribution in [2.45, 2.75) is 31.6 Å². The van der Waals surface area contributed by atoms with E-state index in [4.69, 9.17) is 21.1 Å². The molecule has 1 aromatic carbocycles. The summed E-state index contributed by atoms with van der Waals surface area (Å²) in [6.07, 6.45) is 0.945. The van der Waals surface area contributed by atoms with E-state index in [-0.39, 0.29) is 18.0 Å². The second kappa shape index (κ2) is 5.88. The van der Waals surface area contributed by atoms with Gasteiger partial charge in [0, 0.05) is 37.0 Å². The maximum absolute atomic E-state index is 13.2. The Morgan fingerprint density at radius 3 is 3.05 bits per heavy atom. The normalized spacial score (nSPS) is 30.1. The average Bonchev–Trinajstić information content (AvgIpc) is 2.82. The minimum absolute atomic E-state index is 0.0864. The SMILES string of the molecule is CC1COC(CCl)CN1CC1Cc2cc(F)ccc2O1. The van der Waals surface area contributed by atoms with Crippen LogP contribution in [-0.2, 0) is 11.2 Å². The van der Waals surface area contributed by atoms with E-state index in [0.29, 0.717) is 18.5 Å². The molecule has 1 saturated heterocycles. The Hall–Kier alpha value is -0.840. The van der Waals surface area contributed by atoms with Gasteiger partial charge >= 0.3 is 0 Å². The Labute approximate surface area is 123 Å². The first-order valence-electron chi connectivity index (χ1n) is 7.02. The van der Waals surface area contributed by atoms with Crippen molar-refractivity contribution in [2.24, 2.45) is 0 Å². The lowest BCUT2D eigenvalue weighted by molar-refractivity contribution is -0.0565. The summed E-state index contributed by atoms with van der Waals surface area (Å²) in [5, 5.41) is 0. The van der Waals surface area contributed by atoms with Crippen molar-refractivity contribution < 1.29 is 13.9 Å². The Morgan fingerprint density at radius 1 is 1.40 bits per heavy atom. The van der Waals surface area contributed by atoms with Crippen LogP contribution < -0.4 is 4.74 Å². The standard InChI is InChI=1S/C15H19ClFNO2/c1-10-9-19-14(6-16)8-18(10)7-13-5-11-4-12(17)2-3-15(11)20-13/h2-4,10,13-14H,5-9H2,1H3. The molecule has 3 atom stereocenters. The number of hydrogen-bond donors (Lipinski definition) is 0. The fraction of sp³-hybridized carbons (Fsp3) is 0.600. The zero-order valence-electron chi connectivity index (χ0n) is 11.5. The van der Waals surface area contributed by atoms with Gasteiger partial charge in [-0.3, -0.25) is 4.90 Å². The molecule has 3 rings (SSSR count). The second-order valence-electron chi connectivity index (χ2n) is 5.61. The maximum Gasteiger partial charge on any atom is 0.123 e. The summed E-state index contributed by atoms with van der Waals surface area (Å²) in [7, 11) is 0. The fourth-order valence-electron chi connectivity index (χ4n) is 2.88. The highest BCUT2D eigenvalue weighted by Gasteiger charge is 2.31. The van der Waals surface area contributed by atoms with Gasteiger partial charge in [-0.15, -0.1) is 11.6 Å². The molecule has 3 unspecified atom stereocenters. The molecule has 0 saturated carbocycles. The highest BCUT2D eigenvalue weighted by Crippen LogP contribution is 2.30. The van der Waals surface area contributed by atoms with Gasteiger partial charge in [0.2, 0.25) is 0 Å². The number of morpholine rings is 1. The van der Waals surface area contributed by atoms with Gasteiger partial charge in [-0.1, -0.05) is 0 Å². The van der Waals surface area contributed by atoms with Crippen LogP contribution in [0, 0.1) is 5.82 Å². The monoisotopic (exact) mass is 299 g/mol. The summed E-state index contributed by atoms with van der Waals surface area (Å²) >= 11 is 5.88. The van der Waals surface area contributed by atoms with E-state index in [1.54, 1.807) is 12.1 Å². The van der Waals surface area contributed by atoms with E-state index in [0.717, 1.165) is 30.8 Å². The summed E-state index contributed by atoms with van der Waals surface area (Å²) in [6.45, 7) is 4.50. The predicted octanol–water partition coefficient (Wildman–Crippen LogP) is 2.46. The minimum atomic E-state index is -0.199. The first-order chi connectivity index (χ1) is 9.65. The van der Waals surface area contributed by atoms with Crippen molar-refractivity contribution in [3.63, 3.8) is 0 Å². The molecule has 110 valence electrons. The molecule has 0 radical (unpaired) electrons. The molecule has 2 aliphatic heterocycles. The fourth-order valence-corrected chi connectivity index (χ4v) is 3.06. The van der Waals surface area contributed by atoms with Crippen LogP contribution in [0.3, 0.4) is 0 Å². The lowest BCUT2D eigenvalue weighted by Gasteiger charge is -2.38. The number of fused-ring (bicyclic) bond motifs is 1. The first-order valence-corrected chi connectivity index (χ1v) is 7.56. The van der Waals surface area contributed by atoms with Crippen LogP contribution in [-0.4, -0.2) is 48.7 Å². The lowest BCUT2D eigenvalue weighted by Crippen LogP contribution is -2.51. The van der Waals surface area contributed by atoms with Gasteiger partial charge in [-0.2, -0.15) is 0 Å². The van der Waals surface area contributed by atoms with Crippen molar-refractivity contribution in [3.05, 3.63) is 29.6 Å². The largest absolute Gasteiger partial charge is 0.488 e. The summed E-state index contributed by atoms with van der Waals surface area (Å²) in [4.78, 5) is 2.35. The molecule has 0 N–H and O–H groups in total. The van der Waals surface area contributed by atoms with Crippen LogP contribution in [0.25, 0.3) is 0 Å². The third kappa shape index (κ3) is 2.92. The third-order valence-corrected chi connectivity index (χ3v) is 4.35. The van der Waals surface area contributed by atoms with Gasteiger partial charge in [0.05, 0.1) is 12.7 Å². The van der Waals surface area contributed by atoms with Gasteiger partial charge < -0.3 is 9.47 Å². The quantitative estimate of drug-likeness (QED) is 0.800. The van der Waals surface area contributed by atoms with Gasteiger partial charge in [-0.05, 0) is 25.1 Å². The van der Waals surface area contributed by atoms with Gasteiger partial charge in [0.1, 0.15) is 17.7 Å². The minimum Gasteiger partial charge on any atom is -0.488 e. The summed E-state index contributed by atoms with van der Waals surface area (Å²) in [5.41, 5.74) is 0.963. The third-order valence-electron chi connectivity index (χ3n) is 4.01. The number of halogens is 2. The first kappa shape index (κ1) is 14.1. The molecule has 0 aliphatic carbocycles. The van der Waals surface area contributed by atoms with E-state index in [1.807, 2.05) is 0 Å². The highest BCUT2D eigenvalue weighted by atomic mass is 35.5. The van der Waals surface area contributed by atoms with Crippen molar-refractivity contribution in [3.8, 4) is 5.75 Å². The van der Waals surface area contributed by atoms with Gasteiger partial charge in [0.15, 0.2) is 0 Å². The van der Waals surface area contributed by atoms with E-state index in [9.17, 15) is 4.39 Å². The molecule has 20 heavy (non-hydrogen) atoms. The number of hydrogen-bond acceptors (Lipinski definition) is 3. The smallest absolute Gasteiger partial charge is 0.123 e. The Kier molecular flexibility index (Phi) is 4.15. The molecule has 3 nitrogen and oxygen atoms in total. The van der Waals surface area contributed by atoms with Gasteiger partial charge in [0.25, 0.3) is 0 Å². The number of nitrogens with zero attached hydrogens (tertiary/aromatic N) is 1. The Balaban J connectivity index is 1.62. The van der Waals surface area contributed by atoms with Crippen molar-refractivity contribution >= 4 is 11.6 Å². The maximum atomic E-state index is 13.2. The van der Waals surface area contributed by atoms with Crippen molar-refractivity contribution in [1.82, 2.24) is 4.90 Å². The molecule has 1 fully saturated rings. The zero-order valence-corrected chi connectivity index (χ0v) is 12.3. The lowest BCUT2D eigenvalue weighted by atomic mass is 10.1. The molecular weight excluding hydrogens is 281 g/mol. The van der Waals surface area contributed by atoms with Crippen molar-refractivity contribution in [2.75, 3.05) is 25.6 Å². The van der Waals surface area contributed by atoms with Crippen LogP contribution in [0.15, 0.2) is 18.2 Å². The molecule has 0 aromatic heterocycles. The molecule has 2 heterocycles. The van der Waals surface area contributed by atoms with Crippen LogP contribution in [0.5, 0.6) is 5.75 Å². The second-order valence-corrected chi connectivity index (χ2v) is 5.92. The number of benzene rings is 1. The van der Waals surface area contributed by atoms with Crippen LogP contribution in [0.4, 0.5) is 4.39 Å². The van der Waals surface area contributed by atoms with Crippen LogP contribution in [0.2, 0.25) is 0 Å². The van der Waals surface area contributed by atoms with E-state index >= 15 is 0 Å². The van der Waals surface area contributed by atoms with Crippen LogP contribution >= 0.6 is 11.6 Å². The average molecular weight is 300 g/mol. The predicted molar refractivity (Wildman–Crippen MR) is 76.0 cm³/mol. The van der Waals surface area contributed by atoms with Gasteiger partial charge in [-0.25, -0.2) is 4.39 Å². The highest BCUT2D eigenvalue weighted by molar-refractivity contribution is 6.18. The van der Waals surface area contributed by atoms with Crippen LogP contribution in [0.1, 0.15) is 12.5 Å². The molecule has 1 aromatic rings. The molecule has 0 spiro atoms. The molecule has 0 amide bonds. The number of ether oxygens (including phenoxy) is 2. The Bertz CT molecular complexity index is 485. The van der Waals surface area contributed by atoms with E-state index < -0.39 is 0 Å². The van der Waals surface area contributed by atoms with Crippen molar-refractivity contribution in [1.29, 1.82) is 0 Å². The summed E-state index contributed by atoms with van der Waals surface area (Å²) < 4.78 is 24.8. The van der Waals surface area contributed by atoms with E-state index in [1.165, 1.54) is 6.07 Å². The summed E-state index contributed by atoms with van der Waals surface area (Å²) in [6, 6.07) is 5.09. The van der Waals surface area contributed by atoms with E-state index in [2.05, 4.69) is 11.8 Å². The topological polar surface area (TPSA) is 21.7 Å². The molecular formula is C15H19ClFNO2. The molecule has 0 bridgehead atoms. The summed E-state index contributed by atoms with van der Waals surface area (Å²) in [5.74, 6) is 1.13. The number of rotatable bonds is 3. The molecule has 5 heteroatoms.